The average molecular weight is 384 g/mol. The normalized spacial score (nSPS) is 14.7. The number of para-hydroxylation sites is 1. The molecule has 1 aliphatic rings. The van der Waals surface area contributed by atoms with Crippen molar-refractivity contribution < 1.29 is 0 Å². The van der Waals surface area contributed by atoms with Crippen molar-refractivity contribution in [1.82, 2.24) is 14.9 Å². The minimum Gasteiger partial charge on any atom is -0.352 e. The molecule has 1 fully saturated rings. The number of anilines is 2. The Morgan fingerprint density at radius 3 is 2.65 bits per heavy atom. The van der Waals surface area contributed by atoms with Gasteiger partial charge in [-0.1, -0.05) is 25.1 Å². The molecule has 3 aromatic rings. The highest BCUT2D eigenvalue weighted by Gasteiger charge is 2.22. The summed E-state index contributed by atoms with van der Waals surface area (Å²) in [5, 5.41) is 5.28. The van der Waals surface area contributed by atoms with Gasteiger partial charge in [0.15, 0.2) is 5.11 Å². The van der Waals surface area contributed by atoms with Gasteiger partial charge >= 0.3 is 0 Å². The maximum Gasteiger partial charge on any atom is 0.173 e. The van der Waals surface area contributed by atoms with E-state index in [4.69, 9.17) is 12.2 Å². The minimum atomic E-state index is 0.785. The number of thiocarbonyl (C=S) groups is 1. The summed E-state index contributed by atoms with van der Waals surface area (Å²) in [6, 6.07) is 12.3. The van der Waals surface area contributed by atoms with Crippen LogP contribution < -0.4 is 10.2 Å². The summed E-state index contributed by atoms with van der Waals surface area (Å²) in [7, 11) is 0. The van der Waals surface area contributed by atoms with Crippen molar-refractivity contribution in [3.05, 3.63) is 47.6 Å². The Morgan fingerprint density at radius 1 is 1.15 bits per heavy atom. The zero-order valence-electron chi connectivity index (χ0n) is 14.7. The number of rotatable bonds is 3. The van der Waals surface area contributed by atoms with Crippen molar-refractivity contribution in [2.75, 3.05) is 36.4 Å². The van der Waals surface area contributed by atoms with Gasteiger partial charge in [-0.15, -0.1) is 11.3 Å². The van der Waals surface area contributed by atoms with Gasteiger partial charge in [0.1, 0.15) is 17.0 Å². The molecule has 1 N–H and O–H groups in total. The van der Waals surface area contributed by atoms with Gasteiger partial charge in [-0.3, -0.25) is 0 Å². The van der Waals surface area contributed by atoms with Gasteiger partial charge in [0.05, 0.1) is 5.39 Å². The van der Waals surface area contributed by atoms with E-state index in [-0.39, 0.29) is 0 Å². The second-order valence-corrected chi connectivity index (χ2v) is 7.75. The molecule has 0 unspecified atom stereocenters. The standard InChI is InChI=1S/C19H21N5S2/c1-2-15-12-16-17(20-13-21-18(16)26-15)23-8-10-24(11-9-23)19(25)22-14-6-4-3-5-7-14/h3-7,12-13H,2,8-11H2,1H3,(H,22,25). The van der Waals surface area contributed by atoms with Crippen molar-refractivity contribution in [1.29, 1.82) is 0 Å². The highest BCUT2D eigenvalue weighted by molar-refractivity contribution is 7.80. The monoisotopic (exact) mass is 383 g/mol. The van der Waals surface area contributed by atoms with E-state index in [9.17, 15) is 0 Å². The highest BCUT2D eigenvalue weighted by atomic mass is 32.1. The maximum absolute atomic E-state index is 5.58. The van der Waals surface area contributed by atoms with Crippen molar-refractivity contribution in [2.45, 2.75) is 13.3 Å². The summed E-state index contributed by atoms with van der Waals surface area (Å²) in [6.45, 7) is 5.75. The lowest BCUT2D eigenvalue weighted by Crippen LogP contribution is -2.50. The van der Waals surface area contributed by atoms with Crippen LogP contribution >= 0.6 is 23.6 Å². The molecule has 1 aliphatic heterocycles. The topological polar surface area (TPSA) is 44.3 Å². The van der Waals surface area contributed by atoms with E-state index in [0.29, 0.717) is 0 Å². The van der Waals surface area contributed by atoms with Crippen LogP contribution in [0.25, 0.3) is 10.2 Å². The van der Waals surface area contributed by atoms with E-state index in [0.717, 1.165) is 54.0 Å². The van der Waals surface area contributed by atoms with E-state index in [1.165, 1.54) is 10.3 Å². The van der Waals surface area contributed by atoms with Crippen LogP contribution in [0.4, 0.5) is 11.5 Å². The fourth-order valence-electron chi connectivity index (χ4n) is 3.16. The first-order chi connectivity index (χ1) is 12.7. The molecule has 1 aromatic carbocycles. The Balaban J connectivity index is 1.44. The number of aryl methyl sites for hydroxylation is 1. The van der Waals surface area contributed by atoms with Gasteiger partial charge in [0, 0.05) is 36.7 Å². The van der Waals surface area contributed by atoms with Gasteiger partial charge in [0.25, 0.3) is 0 Å². The van der Waals surface area contributed by atoms with Crippen molar-refractivity contribution in [2.24, 2.45) is 0 Å². The van der Waals surface area contributed by atoms with Crippen molar-refractivity contribution >= 4 is 50.4 Å². The third kappa shape index (κ3) is 3.50. The van der Waals surface area contributed by atoms with Crippen LogP contribution in [0.2, 0.25) is 0 Å². The molecule has 7 heteroatoms. The number of nitrogens with one attached hydrogen (secondary N) is 1. The fourth-order valence-corrected chi connectivity index (χ4v) is 4.39. The van der Waals surface area contributed by atoms with Crippen LogP contribution in [0, 0.1) is 0 Å². The molecule has 0 saturated carbocycles. The third-order valence-electron chi connectivity index (χ3n) is 4.60. The van der Waals surface area contributed by atoms with E-state index in [1.54, 1.807) is 17.7 Å². The summed E-state index contributed by atoms with van der Waals surface area (Å²) in [6.07, 6.45) is 2.72. The molecule has 1 saturated heterocycles. The molecule has 2 aromatic heterocycles. The zero-order chi connectivity index (χ0) is 17.9. The molecular weight excluding hydrogens is 362 g/mol. The molecule has 0 atom stereocenters. The molecular formula is C19H21N5S2. The highest BCUT2D eigenvalue weighted by Crippen LogP contribution is 2.31. The molecule has 0 radical (unpaired) electrons. The number of nitrogens with zero attached hydrogens (tertiary/aromatic N) is 4. The SMILES string of the molecule is CCc1cc2c(N3CCN(C(=S)Nc4ccccc4)CC3)ncnc2s1. The largest absolute Gasteiger partial charge is 0.352 e. The van der Waals surface area contributed by atoms with Gasteiger partial charge < -0.3 is 15.1 Å². The number of aromatic nitrogens is 2. The van der Waals surface area contributed by atoms with E-state index < -0.39 is 0 Å². The Bertz CT molecular complexity index is 901. The van der Waals surface area contributed by atoms with Gasteiger partial charge in [0.2, 0.25) is 0 Å². The van der Waals surface area contributed by atoms with Crippen LogP contribution in [0.5, 0.6) is 0 Å². The lowest BCUT2D eigenvalue weighted by molar-refractivity contribution is 0.390. The molecule has 4 rings (SSSR count). The predicted molar refractivity (Wildman–Crippen MR) is 113 cm³/mol. The van der Waals surface area contributed by atoms with Crippen LogP contribution in [0.1, 0.15) is 11.8 Å². The Hall–Kier alpha value is -2.25. The quantitative estimate of drug-likeness (QED) is 0.695. The summed E-state index contributed by atoms with van der Waals surface area (Å²) >= 11 is 7.34. The number of piperazine rings is 1. The predicted octanol–water partition coefficient (Wildman–Crippen LogP) is 3.77. The van der Waals surface area contributed by atoms with Gasteiger partial charge in [-0.05, 0) is 36.8 Å². The number of benzene rings is 1. The Kier molecular flexibility index (Phi) is 4.99. The van der Waals surface area contributed by atoms with E-state index >= 15 is 0 Å². The van der Waals surface area contributed by atoms with Gasteiger partial charge in [-0.2, -0.15) is 0 Å². The maximum atomic E-state index is 5.58. The van der Waals surface area contributed by atoms with Crippen molar-refractivity contribution in [3.8, 4) is 0 Å². The smallest absolute Gasteiger partial charge is 0.173 e. The zero-order valence-corrected chi connectivity index (χ0v) is 16.3. The number of thiophene rings is 1. The summed E-state index contributed by atoms with van der Waals surface area (Å²) in [5.41, 5.74) is 1.03. The van der Waals surface area contributed by atoms with Crippen LogP contribution in [-0.2, 0) is 6.42 Å². The van der Waals surface area contributed by atoms with Gasteiger partial charge in [-0.25, -0.2) is 9.97 Å². The molecule has 0 bridgehead atoms. The minimum absolute atomic E-state index is 0.785. The molecule has 0 aliphatic carbocycles. The number of hydrogen-bond donors (Lipinski definition) is 1. The molecule has 134 valence electrons. The second-order valence-electron chi connectivity index (χ2n) is 6.25. The second kappa shape index (κ2) is 7.55. The molecule has 5 nitrogen and oxygen atoms in total. The van der Waals surface area contributed by atoms with Crippen molar-refractivity contribution in [3.63, 3.8) is 0 Å². The van der Waals surface area contributed by atoms with Crippen LogP contribution in [0.3, 0.4) is 0 Å². The Labute approximate surface area is 162 Å². The molecule has 0 amide bonds. The van der Waals surface area contributed by atoms with E-state index in [1.807, 2.05) is 30.3 Å². The van der Waals surface area contributed by atoms with E-state index in [2.05, 4.69) is 38.1 Å². The summed E-state index contributed by atoms with van der Waals surface area (Å²) < 4.78 is 0. The third-order valence-corrected chi connectivity index (χ3v) is 6.15. The lowest BCUT2D eigenvalue weighted by Gasteiger charge is -2.37. The summed E-state index contributed by atoms with van der Waals surface area (Å²) in [5.74, 6) is 1.05. The first-order valence-corrected chi connectivity index (χ1v) is 10.1. The first kappa shape index (κ1) is 17.2. The molecule has 26 heavy (non-hydrogen) atoms. The number of hydrogen-bond acceptors (Lipinski definition) is 5. The average Bonchev–Trinajstić information content (AvgIpc) is 3.12. The first-order valence-electron chi connectivity index (χ1n) is 8.84. The number of fused-ring (bicyclic) bond motifs is 1. The Morgan fingerprint density at radius 2 is 1.92 bits per heavy atom. The van der Waals surface area contributed by atoms with Crippen LogP contribution in [0.15, 0.2) is 42.7 Å². The summed E-state index contributed by atoms with van der Waals surface area (Å²) in [4.78, 5) is 16.0. The lowest BCUT2D eigenvalue weighted by atomic mass is 10.2. The molecule has 3 heterocycles. The molecule has 0 spiro atoms. The van der Waals surface area contributed by atoms with Crippen LogP contribution in [-0.4, -0.2) is 46.2 Å². The fraction of sp³-hybridized carbons (Fsp3) is 0.316.